The first-order valence-electron chi connectivity index (χ1n) is 6.36. The van der Waals surface area contributed by atoms with Gasteiger partial charge in [0, 0.05) is 13.2 Å². The van der Waals surface area contributed by atoms with Crippen LogP contribution in [-0.2, 0) is 4.79 Å². The van der Waals surface area contributed by atoms with Gasteiger partial charge in [-0.2, -0.15) is 0 Å². The van der Waals surface area contributed by atoms with Gasteiger partial charge in [-0.15, -0.1) is 0 Å². The van der Waals surface area contributed by atoms with Crippen molar-refractivity contribution >= 4 is 11.9 Å². The topological polar surface area (TPSA) is 69.6 Å². The monoisotopic (exact) mass is 242 g/mol. The van der Waals surface area contributed by atoms with Crippen LogP contribution in [0.25, 0.3) is 0 Å². The van der Waals surface area contributed by atoms with Gasteiger partial charge in [0.1, 0.15) is 5.54 Å². The molecule has 0 aromatic rings. The molecule has 3 amide bonds. The highest BCUT2D eigenvalue weighted by Crippen LogP contribution is 2.29. The van der Waals surface area contributed by atoms with E-state index in [1.165, 1.54) is 0 Å². The van der Waals surface area contributed by atoms with Crippen molar-refractivity contribution in [1.29, 1.82) is 0 Å². The van der Waals surface area contributed by atoms with E-state index in [1.54, 1.807) is 4.90 Å². The van der Waals surface area contributed by atoms with Crippen molar-refractivity contribution in [3.05, 3.63) is 0 Å². The van der Waals surface area contributed by atoms with Gasteiger partial charge < -0.3 is 10.0 Å². The molecule has 1 fully saturated rings. The average molecular weight is 242 g/mol. The lowest BCUT2D eigenvalue weighted by atomic mass is 9.91. The molecule has 0 aliphatic carbocycles. The molecule has 0 aromatic heterocycles. The summed E-state index contributed by atoms with van der Waals surface area (Å²) in [5.74, 6) is -0.172. The highest BCUT2D eigenvalue weighted by molar-refractivity contribution is 6.06. The van der Waals surface area contributed by atoms with Crippen LogP contribution in [0.5, 0.6) is 0 Å². The zero-order chi connectivity index (χ0) is 12.9. The molecule has 0 bridgehead atoms. The van der Waals surface area contributed by atoms with Crippen LogP contribution in [0.1, 0.15) is 46.0 Å². The Balaban J connectivity index is 2.66. The molecule has 1 saturated heterocycles. The third-order valence-electron chi connectivity index (χ3n) is 3.61. The number of urea groups is 1. The molecule has 1 heterocycles. The van der Waals surface area contributed by atoms with Gasteiger partial charge in [0.25, 0.3) is 5.91 Å². The summed E-state index contributed by atoms with van der Waals surface area (Å²) in [6.07, 6.45) is 3.72. The Kier molecular flexibility index (Phi) is 4.93. The predicted octanol–water partition coefficient (Wildman–Crippen LogP) is 1.26. The molecule has 1 aliphatic heterocycles. The molecule has 0 atom stereocenters. The largest absolute Gasteiger partial charge is 0.396 e. The molecule has 0 spiro atoms. The van der Waals surface area contributed by atoms with E-state index < -0.39 is 5.54 Å². The summed E-state index contributed by atoms with van der Waals surface area (Å²) in [7, 11) is 0. The van der Waals surface area contributed by atoms with Crippen molar-refractivity contribution in [1.82, 2.24) is 10.2 Å². The van der Waals surface area contributed by atoms with E-state index in [2.05, 4.69) is 5.32 Å². The second-order valence-electron chi connectivity index (χ2n) is 4.43. The highest BCUT2D eigenvalue weighted by atomic mass is 16.3. The Morgan fingerprint density at radius 1 is 1.18 bits per heavy atom. The SMILES string of the molecule is CCC1(CC)C(=O)NC(=O)N1CCCCCO. The number of carbonyl (C=O) groups excluding carboxylic acids is 2. The minimum atomic E-state index is -0.656. The number of aliphatic hydroxyl groups is 1. The number of amides is 3. The quantitative estimate of drug-likeness (QED) is 0.521. The van der Waals surface area contributed by atoms with Gasteiger partial charge in [-0.05, 0) is 32.1 Å². The van der Waals surface area contributed by atoms with Crippen LogP contribution in [-0.4, -0.2) is 40.6 Å². The molecule has 1 rings (SSSR count). The number of imide groups is 1. The summed E-state index contributed by atoms with van der Waals surface area (Å²) in [5.41, 5.74) is -0.656. The number of unbranched alkanes of at least 4 members (excludes halogenated alkanes) is 2. The van der Waals surface area contributed by atoms with Crippen LogP contribution in [0.4, 0.5) is 4.79 Å². The van der Waals surface area contributed by atoms with Crippen molar-refractivity contribution in [3.63, 3.8) is 0 Å². The Labute approximate surface area is 102 Å². The molecule has 1 aliphatic rings. The Morgan fingerprint density at radius 3 is 2.35 bits per heavy atom. The first-order chi connectivity index (χ1) is 8.12. The fraction of sp³-hybridized carbons (Fsp3) is 0.833. The van der Waals surface area contributed by atoms with Gasteiger partial charge in [0.15, 0.2) is 0 Å². The van der Waals surface area contributed by atoms with Crippen LogP contribution in [0.15, 0.2) is 0 Å². The minimum Gasteiger partial charge on any atom is -0.396 e. The Hall–Kier alpha value is -1.10. The first kappa shape index (κ1) is 14.0. The van der Waals surface area contributed by atoms with Crippen molar-refractivity contribution in [3.8, 4) is 0 Å². The Morgan fingerprint density at radius 2 is 1.82 bits per heavy atom. The number of hydrogen-bond acceptors (Lipinski definition) is 3. The maximum absolute atomic E-state index is 11.9. The number of aliphatic hydroxyl groups excluding tert-OH is 1. The number of nitrogens with one attached hydrogen (secondary N) is 1. The third kappa shape index (κ3) is 2.60. The van der Waals surface area contributed by atoms with Crippen molar-refractivity contribution in [2.75, 3.05) is 13.2 Å². The number of carbonyl (C=O) groups is 2. The Bertz CT molecular complexity index is 287. The van der Waals surface area contributed by atoms with E-state index in [9.17, 15) is 9.59 Å². The first-order valence-corrected chi connectivity index (χ1v) is 6.36. The molecule has 0 aromatic carbocycles. The van der Waals surface area contributed by atoms with Crippen molar-refractivity contribution in [2.45, 2.75) is 51.5 Å². The second-order valence-corrected chi connectivity index (χ2v) is 4.43. The molecule has 0 unspecified atom stereocenters. The van der Waals surface area contributed by atoms with Crippen LogP contribution in [0.3, 0.4) is 0 Å². The van der Waals surface area contributed by atoms with Crippen molar-refractivity contribution < 1.29 is 14.7 Å². The van der Waals surface area contributed by atoms with E-state index in [0.29, 0.717) is 19.4 Å². The molecule has 0 radical (unpaired) electrons. The van der Waals surface area contributed by atoms with E-state index in [4.69, 9.17) is 5.11 Å². The lowest BCUT2D eigenvalue weighted by molar-refractivity contribution is -0.127. The maximum atomic E-state index is 11.9. The fourth-order valence-electron chi connectivity index (χ4n) is 2.42. The number of hydrogen-bond donors (Lipinski definition) is 2. The molecular weight excluding hydrogens is 220 g/mol. The fourth-order valence-corrected chi connectivity index (χ4v) is 2.42. The third-order valence-corrected chi connectivity index (χ3v) is 3.61. The zero-order valence-corrected chi connectivity index (χ0v) is 10.7. The molecular formula is C12H22N2O3. The molecule has 2 N–H and O–H groups in total. The molecule has 5 nitrogen and oxygen atoms in total. The van der Waals surface area contributed by atoms with Gasteiger partial charge in [0.05, 0.1) is 0 Å². The molecule has 17 heavy (non-hydrogen) atoms. The van der Waals surface area contributed by atoms with Gasteiger partial charge in [-0.1, -0.05) is 13.8 Å². The van der Waals surface area contributed by atoms with Crippen LogP contribution >= 0.6 is 0 Å². The van der Waals surface area contributed by atoms with Crippen molar-refractivity contribution in [2.24, 2.45) is 0 Å². The summed E-state index contributed by atoms with van der Waals surface area (Å²) in [4.78, 5) is 25.2. The average Bonchev–Trinajstić information content (AvgIpc) is 2.56. The van der Waals surface area contributed by atoms with Crippen LogP contribution < -0.4 is 5.32 Å². The van der Waals surface area contributed by atoms with Crippen LogP contribution in [0.2, 0.25) is 0 Å². The smallest absolute Gasteiger partial charge is 0.325 e. The standard InChI is InChI=1S/C12H22N2O3/c1-3-12(4-2)10(16)13-11(17)14(12)8-6-5-7-9-15/h15H,3-9H2,1-2H3,(H,13,16,17). The summed E-state index contributed by atoms with van der Waals surface area (Å²) < 4.78 is 0. The summed E-state index contributed by atoms with van der Waals surface area (Å²) in [5, 5.41) is 11.1. The van der Waals surface area contributed by atoms with Crippen LogP contribution in [0, 0.1) is 0 Å². The summed E-state index contributed by atoms with van der Waals surface area (Å²) in [6.45, 7) is 4.63. The lowest BCUT2D eigenvalue weighted by Crippen LogP contribution is -2.49. The maximum Gasteiger partial charge on any atom is 0.325 e. The minimum absolute atomic E-state index is 0.172. The van der Waals surface area contributed by atoms with E-state index in [1.807, 2.05) is 13.8 Å². The second kappa shape index (κ2) is 6.00. The predicted molar refractivity (Wildman–Crippen MR) is 64.5 cm³/mol. The normalized spacial score (nSPS) is 18.6. The van der Waals surface area contributed by atoms with Gasteiger partial charge in [-0.25, -0.2) is 4.79 Å². The molecule has 0 saturated carbocycles. The summed E-state index contributed by atoms with van der Waals surface area (Å²) >= 11 is 0. The molecule has 98 valence electrons. The lowest BCUT2D eigenvalue weighted by Gasteiger charge is -2.33. The number of rotatable bonds is 7. The van der Waals surface area contributed by atoms with Gasteiger partial charge >= 0.3 is 6.03 Å². The molecule has 5 heteroatoms. The van der Waals surface area contributed by atoms with E-state index in [0.717, 1.165) is 19.3 Å². The highest BCUT2D eigenvalue weighted by Gasteiger charge is 2.49. The van der Waals surface area contributed by atoms with Gasteiger partial charge in [-0.3, -0.25) is 10.1 Å². The van der Waals surface area contributed by atoms with E-state index >= 15 is 0 Å². The number of nitrogens with zero attached hydrogens (tertiary/aromatic N) is 1. The van der Waals surface area contributed by atoms with E-state index in [-0.39, 0.29) is 18.5 Å². The van der Waals surface area contributed by atoms with Gasteiger partial charge in [0.2, 0.25) is 0 Å². The zero-order valence-electron chi connectivity index (χ0n) is 10.7. The summed E-state index contributed by atoms with van der Waals surface area (Å²) in [6, 6.07) is -0.275.